The van der Waals surface area contributed by atoms with E-state index >= 15 is 0 Å². The smallest absolute Gasteiger partial charge is 0.341 e. The number of phenolic OH excluding ortho intramolecular Hbond substituents is 1. The molecule has 86 valence electrons. The number of phenols is 1. The van der Waals surface area contributed by atoms with Gasteiger partial charge in [-0.1, -0.05) is 13.8 Å². The second-order valence-corrected chi connectivity index (χ2v) is 2.79. The fourth-order valence-electron chi connectivity index (χ4n) is 1.11. The van der Waals surface area contributed by atoms with E-state index in [9.17, 15) is 9.90 Å². The maximum Gasteiger partial charge on any atom is 0.341 e. The molecule has 0 spiro atoms. The van der Waals surface area contributed by atoms with Gasteiger partial charge in [-0.25, -0.2) is 4.79 Å². The molecule has 0 saturated heterocycles. The van der Waals surface area contributed by atoms with Crippen molar-refractivity contribution in [3.05, 3.63) is 28.8 Å². The number of carbonyl (C=O) groups is 1. The Balaban J connectivity index is 0.00000106. The maximum atomic E-state index is 11.2. The zero-order valence-corrected chi connectivity index (χ0v) is 9.87. The average molecular weight is 221 g/mol. The Morgan fingerprint density at radius 2 is 2.00 bits per heavy atom. The molecule has 1 aromatic rings. The van der Waals surface area contributed by atoms with Crippen LogP contribution in [0.1, 0.15) is 35.3 Å². The van der Waals surface area contributed by atoms with Crippen molar-refractivity contribution in [3.8, 4) is 11.8 Å². The molecule has 4 heteroatoms. The summed E-state index contributed by atoms with van der Waals surface area (Å²) in [5, 5.41) is 18.2. The highest BCUT2D eigenvalue weighted by molar-refractivity contribution is 5.93. The van der Waals surface area contributed by atoms with Gasteiger partial charge in [-0.2, -0.15) is 5.26 Å². The Hall–Kier alpha value is -2.02. The number of benzene rings is 1. The Morgan fingerprint density at radius 1 is 1.44 bits per heavy atom. The van der Waals surface area contributed by atoms with Crippen molar-refractivity contribution in [2.45, 2.75) is 20.8 Å². The number of ether oxygens (including phenoxy) is 1. The number of esters is 1. The topological polar surface area (TPSA) is 70.3 Å². The predicted octanol–water partition coefficient (Wildman–Crippen LogP) is 2.39. The Labute approximate surface area is 95.1 Å². The van der Waals surface area contributed by atoms with Crippen molar-refractivity contribution < 1.29 is 14.6 Å². The number of rotatable bonds is 1. The van der Waals surface area contributed by atoms with Crippen LogP contribution < -0.4 is 0 Å². The summed E-state index contributed by atoms with van der Waals surface area (Å²) < 4.78 is 4.46. The van der Waals surface area contributed by atoms with Crippen LogP contribution in [-0.4, -0.2) is 18.2 Å². The van der Waals surface area contributed by atoms with Crippen LogP contribution in [0.3, 0.4) is 0 Å². The first kappa shape index (κ1) is 14.0. The molecule has 0 amide bonds. The molecular weight excluding hydrogens is 206 g/mol. The molecule has 16 heavy (non-hydrogen) atoms. The number of hydrogen-bond donors (Lipinski definition) is 1. The number of nitriles is 1. The molecule has 0 aliphatic rings. The van der Waals surface area contributed by atoms with Gasteiger partial charge >= 0.3 is 5.97 Å². The highest BCUT2D eigenvalue weighted by atomic mass is 16.5. The zero-order valence-electron chi connectivity index (χ0n) is 9.87. The number of aryl methyl sites for hydroxylation is 1. The lowest BCUT2D eigenvalue weighted by molar-refractivity contribution is 0.0597. The lowest BCUT2D eigenvalue weighted by Gasteiger charge is -2.05. The van der Waals surface area contributed by atoms with Gasteiger partial charge in [0.05, 0.1) is 18.7 Å². The Kier molecular flexibility index (Phi) is 5.65. The number of aromatic hydroxyl groups is 1. The number of nitrogens with zero attached hydrogens (tertiary/aromatic N) is 1. The molecule has 0 aliphatic carbocycles. The van der Waals surface area contributed by atoms with Crippen LogP contribution in [-0.2, 0) is 4.74 Å². The SMILES string of the molecule is CC.COC(=O)c1cc(C#N)cc(C)c1O. The largest absolute Gasteiger partial charge is 0.507 e. The van der Waals surface area contributed by atoms with Crippen LogP contribution in [0.5, 0.6) is 5.75 Å². The predicted molar refractivity (Wildman–Crippen MR) is 60.2 cm³/mol. The van der Waals surface area contributed by atoms with Crippen LogP contribution in [0.25, 0.3) is 0 Å². The van der Waals surface area contributed by atoms with Gasteiger partial charge < -0.3 is 9.84 Å². The summed E-state index contributed by atoms with van der Waals surface area (Å²) in [6.45, 7) is 5.61. The van der Waals surface area contributed by atoms with E-state index in [0.717, 1.165) is 0 Å². The van der Waals surface area contributed by atoms with Crippen LogP contribution in [0.15, 0.2) is 12.1 Å². The summed E-state index contributed by atoms with van der Waals surface area (Å²) in [7, 11) is 1.22. The molecular formula is C12H15NO3. The quantitative estimate of drug-likeness (QED) is 0.739. The molecule has 0 aromatic heterocycles. The van der Waals surface area contributed by atoms with Crippen LogP contribution in [0.2, 0.25) is 0 Å². The van der Waals surface area contributed by atoms with Crippen molar-refractivity contribution in [2.24, 2.45) is 0 Å². The van der Waals surface area contributed by atoms with E-state index in [1.807, 2.05) is 19.9 Å². The molecule has 1 N–H and O–H groups in total. The summed E-state index contributed by atoms with van der Waals surface area (Å²) in [6, 6.07) is 4.70. The van der Waals surface area contributed by atoms with Gasteiger partial charge in [-0.05, 0) is 24.6 Å². The fourth-order valence-corrected chi connectivity index (χ4v) is 1.11. The maximum absolute atomic E-state index is 11.2. The van der Waals surface area contributed by atoms with Gasteiger partial charge in [0.15, 0.2) is 0 Å². The van der Waals surface area contributed by atoms with Gasteiger partial charge in [0, 0.05) is 0 Å². The molecule has 1 rings (SSSR count). The Bertz CT molecular complexity index is 419. The first-order chi connectivity index (χ1) is 7.60. The van der Waals surface area contributed by atoms with Gasteiger partial charge in [0.25, 0.3) is 0 Å². The summed E-state index contributed by atoms with van der Waals surface area (Å²) in [5.41, 5.74) is 0.814. The van der Waals surface area contributed by atoms with Gasteiger partial charge in [0.1, 0.15) is 11.3 Å². The van der Waals surface area contributed by atoms with E-state index in [1.165, 1.54) is 19.2 Å². The van der Waals surface area contributed by atoms with Crippen molar-refractivity contribution in [1.82, 2.24) is 0 Å². The molecule has 0 bridgehead atoms. The zero-order chi connectivity index (χ0) is 12.7. The van der Waals surface area contributed by atoms with E-state index < -0.39 is 5.97 Å². The third kappa shape index (κ3) is 2.99. The van der Waals surface area contributed by atoms with Crippen LogP contribution in [0, 0.1) is 18.3 Å². The molecule has 0 atom stereocenters. The number of hydrogen-bond acceptors (Lipinski definition) is 4. The lowest BCUT2D eigenvalue weighted by Crippen LogP contribution is -2.03. The first-order valence-corrected chi connectivity index (χ1v) is 4.92. The molecule has 1 aromatic carbocycles. The van der Waals surface area contributed by atoms with Gasteiger partial charge in [0.2, 0.25) is 0 Å². The minimum absolute atomic E-state index is 0.0176. The third-order valence-corrected chi connectivity index (χ3v) is 1.83. The Morgan fingerprint density at radius 3 is 2.44 bits per heavy atom. The molecule has 0 heterocycles. The van der Waals surface area contributed by atoms with E-state index in [4.69, 9.17) is 5.26 Å². The van der Waals surface area contributed by atoms with Crippen LogP contribution >= 0.6 is 0 Å². The minimum Gasteiger partial charge on any atom is -0.507 e. The lowest BCUT2D eigenvalue weighted by atomic mass is 10.1. The second kappa shape index (κ2) is 6.46. The molecule has 0 unspecified atom stereocenters. The van der Waals surface area contributed by atoms with Crippen LogP contribution in [0.4, 0.5) is 0 Å². The van der Waals surface area contributed by atoms with E-state index in [2.05, 4.69) is 4.74 Å². The summed E-state index contributed by atoms with van der Waals surface area (Å²) in [5.74, 6) is -0.793. The standard InChI is InChI=1S/C10H9NO3.C2H6/c1-6-3-7(5-11)4-8(9(6)12)10(13)14-2;1-2/h3-4,12H,1-2H3;1-2H3. The molecule has 4 nitrogen and oxygen atoms in total. The highest BCUT2D eigenvalue weighted by Crippen LogP contribution is 2.24. The van der Waals surface area contributed by atoms with E-state index in [0.29, 0.717) is 11.1 Å². The molecule has 0 saturated carbocycles. The highest BCUT2D eigenvalue weighted by Gasteiger charge is 2.14. The monoisotopic (exact) mass is 221 g/mol. The second-order valence-electron chi connectivity index (χ2n) is 2.79. The first-order valence-electron chi connectivity index (χ1n) is 4.92. The number of methoxy groups -OCH3 is 1. The normalized spacial score (nSPS) is 8.44. The van der Waals surface area contributed by atoms with Gasteiger partial charge in [-0.15, -0.1) is 0 Å². The molecule has 0 aliphatic heterocycles. The number of carbonyl (C=O) groups excluding carboxylic acids is 1. The summed E-state index contributed by atoms with van der Waals surface area (Å²) in [4.78, 5) is 11.2. The van der Waals surface area contributed by atoms with E-state index in [-0.39, 0.29) is 11.3 Å². The van der Waals surface area contributed by atoms with Gasteiger partial charge in [-0.3, -0.25) is 0 Å². The van der Waals surface area contributed by atoms with Crippen molar-refractivity contribution >= 4 is 5.97 Å². The average Bonchev–Trinajstić information content (AvgIpc) is 2.34. The fraction of sp³-hybridized carbons (Fsp3) is 0.333. The van der Waals surface area contributed by atoms with Crippen molar-refractivity contribution in [3.63, 3.8) is 0 Å². The summed E-state index contributed by atoms with van der Waals surface area (Å²) in [6.07, 6.45) is 0. The summed E-state index contributed by atoms with van der Waals surface area (Å²) >= 11 is 0. The van der Waals surface area contributed by atoms with E-state index in [1.54, 1.807) is 6.92 Å². The van der Waals surface area contributed by atoms with Crippen molar-refractivity contribution in [2.75, 3.05) is 7.11 Å². The molecule has 0 fully saturated rings. The molecule has 0 radical (unpaired) electrons. The third-order valence-electron chi connectivity index (χ3n) is 1.83. The minimum atomic E-state index is -0.650. The van der Waals surface area contributed by atoms with Crippen molar-refractivity contribution in [1.29, 1.82) is 5.26 Å².